The third-order valence-corrected chi connectivity index (χ3v) is 5.33. The molecule has 1 aliphatic heterocycles. The van der Waals surface area contributed by atoms with Gasteiger partial charge in [0.25, 0.3) is 0 Å². The summed E-state index contributed by atoms with van der Waals surface area (Å²) in [5.41, 5.74) is 7.19. The molecule has 1 aliphatic rings. The summed E-state index contributed by atoms with van der Waals surface area (Å²) in [7, 11) is 0. The van der Waals surface area contributed by atoms with Crippen LogP contribution in [-0.4, -0.2) is 34.5 Å². The Hall–Kier alpha value is -0.580. The summed E-state index contributed by atoms with van der Waals surface area (Å²) in [6.07, 6.45) is 1.14. The van der Waals surface area contributed by atoms with E-state index in [1.165, 1.54) is 6.07 Å². The summed E-state index contributed by atoms with van der Waals surface area (Å²) in [4.78, 5) is 2.42. The normalized spacial score (nSPS) is 23.1. The van der Waals surface area contributed by atoms with Crippen LogP contribution < -0.4 is 5.73 Å². The van der Waals surface area contributed by atoms with E-state index in [9.17, 15) is 4.39 Å². The first kappa shape index (κ1) is 15.8. The maximum atomic E-state index is 13.5. The van der Waals surface area contributed by atoms with Crippen LogP contribution in [0.15, 0.2) is 24.3 Å². The first-order chi connectivity index (χ1) is 9.39. The Kier molecular flexibility index (Phi) is 5.10. The van der Waals surface area contributed by atoms with E-state index in [0.29, 0.717) is 4.75 Å². The van der Waals surface area contributed by atoms with E-state index >= 15 is 0 Å². The van der Waals surface area contributed by atoms with Crippen LogP contribution >= 0.6 is 11.8 Å². The summed E-state index contributed by atoms with van der Waals surface area (Å²) >= 11 is 2.02. The fourth-order valence-corrected chi connectivity index (χ4v) is 3.97. The monoisotopic (exact) mass is 296 g/mol. The Morgan fingerprint density at radius 2 is 2.10 bits per heavy atom. The average molecular weight is 296 g/mol. The molecule has 1 aromatic rings. The molecule has 2 nitrogen and oxygen atoms in total. The minimum atomic E-state index is -0.183. The number of nitrogens with zero attached hydrogens (tertiary/aromatic N) is 1. The lowest BCUT2D eigenvalue weighted by molar-refractivity contribution is 0.184. The quantitative estimate of drug-likeness (QED) is 0.926. The second kappa shape index (κ2) is 6.46. The van der Waals surface area contributed by atoms with Gasteiger partial charge in [0, 0.05) is 35.7 Å². The van der Waals surface area contributed by atoms with Crippen LogP contribution in [0.4, 0.5) is 4.39 Å². The van der Waals surface area contributed by atoms with E-state index in [1.54, 1.807) is 12.1 Å². The molecular weight excluding hydrogens is 271 g/mol. The molecule has 1 heterocycles. The molecule has 0 bridgehead atoms. The van der Waals surface area contributed by atoms with Gasteiger partial charge in [-0.3, -0.25) is 4.90 Å². The molecule has 1 aromatic carbocycles. The number of benzene rings is 1. The first-order valence-corrected chi connectivity index (χ1v) is 8.27. The largest absolute Gasteiger partial charge is 0.326 e. The van der Waals surface area contributed by atoms with Crippen molar-refractivity contribution in [3.8, 4) is 0 Å². The summed E-state index contributed by atoms with van der Waals surface area (Å²) in [5.74, 6) is 0.920. The summed E-state index contributed by atoms with van der Waals surface area (Å²) in [6.45, 7) is 8.63. The van der Waals surface area contributed by atoms with Gasteiger partial charge in [-0.25, -0.2) is 4.39 Å². The van der Waals surface area contributed by atoms with Crippen molar-refractivity contribution in [3.63, 3.8) is 0 Å². The smallest absolute Gasteiger partial charge is 0.123 e. The molecule has 2 rings (SSSR count). The van der Waals surface area contributed by atoms with Gasteiger partial charge in [-0.05, 0) is 31.0 Å². The predicted octanol–water partition coefficient (Wildman–Crippen LogP) is 3.43. The zero-order valence-corrected chi connectivity index (χ0v) is 13.4. The minimum Gasteiger partial charge on any atom is -0.326 e. The van der Waals surface area contributed by atoms with Gasteiger partial charge in [-0.2, -0.15) is 11.8 Å². The molecule has 20 heavy (non-hydrogen) atoms. The van der Waals surface area contributed by atoms with E-state index in [-0.39, 0.29) is 17.9 Å². The lowest BCUT2D eigenvalue weighted by Crippen LogP contribution is -2.41. The lowest BCUT2D eigenvalue weighted by Gasteiger charge is -2.34. The fourth-order valence-electron chi connectivity index (χ4n) is 2.85. The second-order valence-corrected chi connectivity index (χ2v) is 8.06. The van der Waals surface area contributed by atoms with E-state index in [2.05, 4.69) is 18.7 Å². The van der Waals surface area contributed by atoms with Crippen molar-refractivity contribution < 1.29 is 4.39 Å². The SMILES string of the molecule is CC(N)C(c1cccc(F)c1)N1CCSC(C)(C)CC1. The molecule has 112 valence electrons. The Morgan fingerprint density at radius 1 is 1.35 bits per heavy atom. The number of halogens is 1. The highest BCUT2D eigenvalue weighted by Crippen LogP contribution is 2.34. The molecule has 1 saturated heterocycles. The van der Waals surface area contributed by atoms with Crippen molar-refractivity contribution in [3.05, 3.63) is 35.6 Å². The Labute approximate surface area is 125 Å². The highest BCUT2D eigenvalue weighted by atomic mass is 32.2. The van der Waals surface area contributed by atoms with Crippen LogP contribution in [0.2, 0.25) is 0 Å². The molecule has 1 fully saturated rings. The van der Waals surface area contributed by atoms with E-state index in [4.69, 9.17) is 5.73 Å². The topological polar surface area (TPSA) is 29.3 Å². The first-order valence-electron chi connectivity index (χ1n) is 7.28. The van der Waals surface area contributed by atoms with Crippen LogP contribution in [0.3, 0.4) is 0 Å². The Balaban J connectivity index is 2.21. The maximum Gasteiger partial charge on any atom is 0.123 e. The van der Waals surface area contributed by atoms with Crippen LogP contribution in [0.1, 0.15) is 38.8 Å². The summed E-state index contributed by atoms with van der Waals surface area (Å²) in [5, 5.41) is 0. The molecule has 0 aliphatic carbocycles. The van der Waals surface area contributed by atoms with Gasteiger partial charge in [-0.15, -0.1) is 0 Å². The highest BCUT2D eigenvalue weighted by molar-refractivity contribution is 8.00. The van der Waals surface area contributed by atoms with Gasteiger partial charge in [-0.1, -0.05) is 26.0 Å². The average Bonchev–Trinajstić information content (AvgIpc) is 2.51. The van der Waals surface area contributed by atoms with Gasteiger partial charge in [0.2, 0.25) is 0 Å². The molecule has 2 atom stereocenters. The number of nitrogens with two attached hydrogens (primary N) is 1. The molecule has 0 spiro atoms. The fraction of sp³-hybridized carbons (Fsp3) is 0.625. The van der Waals surface area contributed by atoms with E-state index < -0.39 is 0 Å². The predicted molar refractivity (Wildman–Crippen MR) is 85.5 cm³/mol. The van der Waals surface area contributed by atoms with Crippen LogP contribution in [0.25, 0.3) is 0 Å². The molecule has 2 N–H and O–H groups in total. The molecule has 4 heteroatoms. The molecule has 0 amide bonds. The Morgan fingerprint density at radius 3 is 2.75 bits per heavy atom. The zero-order valence-electron chi connectivity index (χ0n) is 12.6. The van der Waals surface area contributed by atoms with Crippen molar-refractivity contribution >= 4 is 11.8 Å². The molecule has 0 saturated carbocycles. The van der Waals surface area contributed by atoms with Gasteiger partial charge >= 0.3 is 0 Å². The Bertz CT molecular complexity index is 448. The third-order valence-electron chi connectivity index (χ3n) is 3.95. The van der Waals surface area contributed by atoms with Crippen molar-refractivity contribution in [2.24, 2.45) is 5.73 Å². The van der Waals surface area contributed by atoms with Crippen LogP contribution in [-0.2, 0) is 0 Å². The van der Waals surface area contributed by atoms with Crippen molar-refractivity contribution in [2.45, 2.75) is 44.0 Å². The summed E-state index contributed by atoms with van der Waals surface area (Å²) in [6, 6.07) is 6.96. The zero-order chi connectivity index (χ0) is 14.8. The number of thioether (sulfide) groups is 1. The van der Waals surface area contributed by atoms with Crippen molar-refractivity contribution in [1.82, 2.24) is 4.90 Å². The van der Waals surface area contributed by atoms with Gasteiger partial charge in [0.05, 0.1) is 0 Å². The molecular formula is C16H25FN2S. The second-order valence-electron chi connectivity index (χ2n) is 6.25. The van der Waals surface area contributed by atoms with Gasteiger partial charge < -0.3 is 5.73 Å². The van der Waals surface area contributed by atoms with Crippen molar-refractivity contribution in [1.29, 1.82) is 0 Å². The number of rotatable bonds is 3. The minimum absolute atomic E-state index is 0.0111. The molecule has 0 radical (unpaired) electrons. The lowest BCUT2D eigenvalue weighted by atomic mass is 9.98. The van der Waals surface area contributed by atoms with E-state index in [1.807, 2.05) is 24.8 Å². The number of hydrogen-bond acceptors (Lipinski definition) is 3. The van der Waals surface area contributed by atoms with Crippen molar-refractivity contribution in [2.75, 3.05) is 18.8 Å². The highest BCUT2D eigenvalue weighted by Gasteiger charge is 2.30. The standard InChI is InChI=1S/C16H25FN2S/c1-12(18)15(13-5-4-6-14(17)11-13)19-8-7-16(2,3)20-10-9-19/h4-6,11-12,15H,7-10,18H2,1-3H3. The van der Waals surface area contributed by atoms with Gasteiger partial charge in [0.1, 0.15) is 5.82 Å². The molecule has 2 unspecified atom stereocenters. The van der Waals surface area contributed by atoms with Crippen LogP contribution in [0.5, 0.6) is 0 Å². The maximum absolute atomic E-state index is 13.5. The van der Waals surface area contributed by atoms with E-state index in [0.717, 1.165) is 30.8 Å². The molecule has 0 aromatic heterocycles. The number of hydrogen-bond donors (Lipinski definition) is 1. The summed E-state index contributed by atoms with van der Waals surface area (Å²) < 4.78 is 13.8. The van der Waals surface area contributed by atoms with Crippen LogP contribution in [0, 0.1) is 5.82 Å². The third kappa shape index (κ3) is 3.96. The van der Waals surface area contributed by atoms with Gasteiger partial charge in [0.15, 0.2) is 0 Å².